The first-order valence-electron chi connectivity index (χ1n) is 12.3. The molecule has 0 bridgehead atoms. The van der Waals surface area contributed by atoms with Crippen molar-refractivity contribution in [1.82, 2.24) is 10.6 Å². The van der Waals surface area contributed by atoms with Gasteiger partial charge >= 0.3 is 0 Å². The van der Waals surface area contributed by atoms with Gasteiger partial charge in [0.25, 0.3) is 11.8 Å². The zero-order valence-electron chi connectivity index (χ0n) is 20.6. The SMILES string of the molecule is CCCCCCCOc1ccc(C(=O)NC(=S)Nc2ccc(C(=O)NCc3ccccc3)cc2)cc1. The first-order valence-corrected chi connectivity index (χ1v) is 12.7. The van der Waals surface area contributed by atoms with E-state index in [0.29, 0.717) is 30.0 Å². The highest BCUT2D eigenvalue weighted by molar-refractivity contribution is 7.80. The predicted molar refractivity (Wildman–Crippen MR) is 148 cm³/mol. The molecule has 3 N–H and O–H groups in total. The summed E-state index contributed by atoms with van der Waals surface area (Å²) in [6.45, 7) is 3.34. The monoisotopic (exact) mass is 503 g/mol. The summed E-state index contributed by atoms with van der Waals surface area (Å²) in [6, 6.07) is 23.6. The van der Waals surface area contributed by atoms with E-state index in [9.17, 15) is 9.59 Å². The number of unbranched alkanes of at least 4 members (excludes halogenated alkanes) is 4. The van der Waals surface area contributed by atoms with Crippen LogP contribution in [0, 0.1) is 0 Å². The van der Waals surface area contributed by atoms with Crippen molar-refractivity contribution in [2.45, 2.75) is 45.6 Å². The molecule has 0 radical (unpaired) electrons. The Morgan fingerprint density at radius 3 is 2.11 bits per heavy atom. The van der Waals surface area contributed by atoms with Gasteiger partial charge in [-0.3, -0.25) is 14.9 Å². The highest BCUT2D eigenvalue weighted by Gasteiger charge is 2.10. The molecule has 0 saturated heterocycles. The van der Waals surface area contributed by atoms with Gasteiger partial charge in [0.2, 0.25) is 0 Å². The Hall–Kier alpha value is -3.71. The summed E-state index contributed by atoms with van der Waals surface area (Å²) in [5.74, 6) is 0.274. The predicted octanol–water partition coefficient (Wildman–Crippen LogP) is 6.09. The van der Waals surface area contributed by atoms with Crippen molar-refractivity contribution in [3.05, 3.63) is 95.6 Å². The largest absolute Gasteiger partial charge is 0.494 e. The highest BCUT2D eigenvalue weighted by atomic mass is 32.1. The standard InChI is InChI=1S/C29H33N3O3S/c1-2-3-4-5-9-20-35-26-18-14-24(15-19-26)28(34)32-29(36)31-25-16-12-23(13-17-25)27(33)30-21-22-10-7-6-8-11-22/h6-8,10-19H,2-5,9,20-21H2,1H3,(H,30,33)(H2,31,32,34,36). The molecule has 0 fully saturated rings. The minimum atomic E-state index is -0.310. The Labute approximate surface area is 218 Å². The van der Waals surface area contributed by atoms with Crippen LogP contribution in [0.5, 0.6) is 5.75 Å². The number of ether oxygens (including phenoxy) is 1. The van der Waals surface area contributed by atoms with Crippen molar-refractivity contribution in [2.75, 3.05) is 11.9 Å². The summed E-state index contributed by atoms with van der Waals surface area (Å²) in [4.78, 5) is 24.9. The fraction of sp³-hybridized carbons (Fsp3) is 0.276. The maximum atomic E-state index is 12.5. The number of hydrogen-bond donors (Lipinski definition) is 3. The fourth-order valence-electron chi connectivity index (χ4n) is 3.52. The molecule has 188 valence electrons. The maximum absolute atomic E-state index is 12.5. The number of thiocarbonyl (C=S) groups is 1. The summed E-state index contributed by atoms with van der Waals surface area (Å²) in [6.07, 6.45) is 5.92. The third-order valence-corrected chi connectivity index (χ3v) is 5.77. The molecule has 0 aromatic heterocycles. The summed E-state index contributed by atoms with van der Waals surface area (Å²) >= 11 is 5.27. The lowest BCUT2D eigenvalue weighted by molar-refractivity contribution is 0.0948. The second kappa shape index (κ2) is 14.6. The third kappa shape index (κ3) is 9.15. The lowest BCUT2D eigenvalue weighted by Crippen LogP contribution is -2.34. The van der Waals surface area contributed by atoms with Crippen LogP contribution in [0.15, 0.2) is 78.9 Å². The van der Waals surface area contributed by atoms with Crippen LogP contribution in [-0.2, 0) is 6.54 Å². The van der Waals surface area contributed by atoms with Gasteiger partial charge in [-0.15, -0.1) is 0 Å². The van der Waals surface area contributed by atoms with Gasteiger partial charge in [-0.2, -0.15) is 0 Å². The van der Waals surface area contributed by atoms with E-state index in [4.69, 9.17) is 17.0 Å². The average Bonchev–Trinajstić information content (AvgIpc) is 2.90. The number of hydrogen-bond acceptors (Lipinski definition) is 4. The van der Waals surface area contributed by atoms with Crippen LogP contribution in [0.2, 0.25) is 0 Å². The number of amides is 2. The molecule has 6 nitrogen and oxygen atoms in total. The first-order chi connectivity index (χ1) is 17.5. The van der Waals surface area contributed by atoms with Crippen LogP contribution >= 0.6 is 12.2 Å². The van der Waals surface area contributed by atoms with Gasteiger partial charge in [0.05, 0.1) is 6.61 Å². The summed E-state index contributed by atoms with van der Waals surface area (Å²) in [7, 11) is 0. The molecule has 0 heterocycles. The molecule has 3 aromatic carbocycles. The van der Waals surface area contributed by atoms with Crippen LogP contribution < -0.4 is 20.7 Å². The minimum Gasteiger partial charge on any atom is -0.494 e. The second-order valence-electron chi connectivity index (χ2n) is 8.44. The van der Waals surface area contributed by atoms with Crippen molar-refractivity contribution in [2.24, 2.45) is 0 Å². The number of carbonyl (C=O) groups excluding carboxylic acids is 2. The zero-order valence-corrected chi connectivity index (χ0v) is 21.4. The lowest BCUT2D eigenvalue weighted by atomic mass is 10.1. The summed E-state index contributed by atoms with van der Waals surface area (Å²) in [5, 5.41) is 8.71. The Balaban J connectivity index is 1.41. The Bertz CT molecular complexity index is 1120. The van der Waals surface area contributed by atoms with Gasteiger partial charge in [-0.1, -0.05) is 62.9 Å². The molecule has 0 saturated carbocycles. The van der Waals surface area contributed by atoms with Gasteiger partial charge in [0.15, 0.2) is 5.11 Å². The first kappa shape index (κ1) is 26.9. The van der Waals surface area contributed by atoms with Crippen LogP contribution in [0.25, 0.3) is 0 Å². The van der Waals surface area contributed by atoms with Gasteiger partial charge in [0, 0.05) is 23.4 Å². The molecular weight excluding hydrogens is 470 g/mol. The maximum Gasteiger partial charge on any atom is 0.257 e. The molecule has 0 atom stereocenters. The molecule has 2 amide bonds. The van der Waals surface area contributed by atoms with Crippen molar-refractivity contribution < 1.29 is 14.3 Å². The van der Waals surface area contributed by atoms with E-state index < -0.39 is 0 Å². The number of benzene rings is 3. The Kier molecular flexibility index (Phi) is 10.9. The van der Waals surface area contributed by atoms with E-state index in [1.807, 2.05) is 30.3 Å². The molecule has 0 spiro atoms. The topological polar surface area (TPSA) is 79.5 Å². The van der Waals surface area contributed by atoms with Crippen LogP contribution in [0.3, 0.4) is 0 Å². The highest BCUT2D eigenvalue weighted by Crippen LogP contribution is 2.14. The van der Waals surface area contributed by atoms with Crippen molar-refractivity contribution in [1.29, 1.82) is 0 Å². The quantitative estimate of drug-likeness (QED) is 0.206. The summed E-state index contributed by atoms with van der Waals surface area (Å²) < 4.78 is 5.75. The minimum absolute atomic E-state index is 0.162. The number of rotatable bonds is 12. The van der Waals surface area contributed by atoms with E-state index in [0.717, 1.165) is 17.7 Å². The molecule has 36 heavy (non-hydrogen) atoms. The molecule has 0 aliphatic heterocycles. The second-order valence-corrected chi connectivity index (χ2v) is 8.85. The normalized spacial score (nSPS) is 10.4. The van der Waals surface area contributed by atoms with E-state index in [1.54, 1.807) is 48.5 Å². The van der Waals surface area contributed by atoms with Crippen LogP contribution in [-0.4, -0.2) is 23.5 Å². The Morgan fingerprint density at radius 2 is 1.42 bits per heavy atom. The third-order valence-electron chi connectivity index (χ3n) is 5.56. The fourth-order valence-corrected chi connectivity index (χ4v) is 3.73. The van der Waals surface area contributed by atoms with E-state index in [-0.39, 0.29) is 16.9 Å². The number of anilines is 1. The van der Waals surface area contributed by atoms with Crippen molar-refractivity contribution in [3.8, 4) is 5.75 Å². The molecule has 7 heteroatoms. The average molecular weight is 504 g/mol. The molecule has 3 aromatic rings. The lowest BCUT2D eigenvalue weighted by Gasteiger charge is -2.11. The molecule has 0 unspecified atom stereocenters. The van der Waals surface area contributed by atoms with Gasteiger partial charge in [0.1, 0.15) is 5.75 Å². The van der Waals surface area contributed by atoms with Crippen molar-refractivity contribution >= 4 is 34.8 Å². The van der Waals surface area contributed by atoms with E-state index >= 15 is 0 Å². The number of nitrogens with one attached hydrogen (secondary N) is 3. The van der Waals surface area contributed by atoms with Gasteiger partial charge in [-0.05, 0) is 72.7 Å². The van der Waals surface area contributed by atoms with E-state index in [1.165, 1.54) is 25.7 Å². The zero-order chi connectivity index (χ0) is 25.6. The van der Waals surface area contributed by atoms with E-state index in [2.05, 4.69) is 22.9 Å². The van der Waals surface area contributed by atoms with Gasteiger partial charge in [-0.25, -0.2) is 0 Å². The molecule has 3 rings (SSSR count). The molecular formula is C29H33N3O3S. The number of carbonyl (C=O) groups is 2. The molecule has 0 aliphatic carbocycles. The molecule has 0 aliphatic rings. The van der Waals surface area contributed by atoms with Crippen molar-refractivity contribution in [3.63, 3.8) is 0 Å². The van der Waals surface area contributed by atoms with Crippen LogP contribution in [0.1, 0.15) is 65.3 Å². The summed E-state index contributed by atoms with van der Waals surface area (Å²) in [5.41, 5.74) is 2.72. The smallest absolute Gasteiger partial charge is 0.257 e. The van der Waals surface area contributed by atoms with Crippen LogP contribution in [0.4, 0.5) is 5.69 Å². The Morgan fingerprint density at radius 1 is 0.778 bits per heavy atom. The van der Waals surface area contributed by atoms with Gasteiger partial charge < -0.3 is 15.4 Å².